The molecule has 0 saturated carbocycles. The fourth-order valence-corrected chi connectivity index (χ4v) is 11.2. The van der Waals surface area contributed by atoms with Crippen molar-refractivity contribution < 1.29 is 4.42 Å². The molecule has 0 radical (unpaired) electrons. The van der Waals surface area contributed by atoms with Crippen molar-refractivity contribution >= 4 is 39.0 Å². The maximum Gasteiger partial charge on any atom is 0.140 e. The van der Waals surface area contributed by atoms with E-state index in [1.54, 1.807) is 0 Å². The molecule has 1 heterocycles. The maximum absolute atomic E-state index is 6.97. The van der Waals surface area contributed by atoms with Crippen molar-refractivity contribution in [1.29, 1.82) is 0 Å². The van der Waals surface area contributed by atoms with Crippen LogP contribution in [0.3, 0.4) is 0 Å². The lowest BCUT2D eigenvalue weighted by atomic mass is 9.73. The predicted octanol–water partition coefficient (Wildman–Crippen LogP) is 15.0. The second-order valence-corrected chi connectivity index (χ2v) is 17.8. The number of benzene rings is 8. The summed E-state index contributed by atoms with van der Waals surface area (Å²) in [6, 6.07) is 63.4. The van der Waals surface area contributed by atoms with E-state index in [9.17, 15) is 0 Å². The molecule has 8 aromatic carbocycles. The van der Waals surface area contributed by atoms with Crippen LogP contribution in [0.15, 0.2) is 174 Å². The zero-order valence-electron chi connectivity index (χ0n) is 33.5. The molecular formula is C56H43NO. The number of furan rings is 1. The minimum Gasteiger partial charge on any atom is -0.456 e. The second-order valence-electron chi connectivity index (χ2n) is 17.8. The van der Waals surface area contributed by atoms with Crippen LogP contribution in [0.1, 0.15) is 73.6 Å². The summed E-state index contributed by atoms with van der Waals surface area (Å²) >= 11 is 0. The first kappa shape index (κ1) is 33.5. The maximum atomic E-state index is 6.97. The zero-order valence-corrected chi connectivity index (χ0v) is 33.5. The first-order valence-corrected chi connectivity index (χ1v) is 20.6. The normalized spacial score (nSPS) is 15.7. The van der Waals surface area contributed by atoms with Crippen LogP contribution in [0.2, 0.25) is 0 Å². The van der Waals surface area contributed by atoms with Crippen molar-refractivity contribution in [3.05, 3.63) is 209 Å². The lowest BCUT2D eigenvalue weighted by Gasteiger charge is -2.32. The minimum absolute atomic E-state index is 0.143. The number of hydrogen-bond acceptors (Lipinski definition) is 2. The van der Waals surface area contributed by atoms with Crippen molar-refractivity contribution in [3.8, 4) is 33.4 Å². The van der Waals surface area contributed by atoms with Gasteiger partial charge in [0.25, 0.3) is 0 Å². The van der Waals surface area contributed by atoms with Gasteiger partial charge in [-0.1, -0.05) is 155 Å². The van der Waals surface area contributed by atoms with E-state index in [4.69, 9.17) is 4.42 Å². The summed E-state index contributed by atoms with van der Waals surface area (Å²) in [5.74, 6) is 0. The molecule has 2 heteroatoms. The van der Waals surface area contributed by atoms with Crippen molar-refractivity contribution in [2.75, 3.05) is 4.90 Å². The molecule has 58 heavy (non-hydrogen) atoms. The lowest BCUT2D eigenvalue weighted by Crippen LogP contribution is -2.23. The zero-order chi connectivity index (χ0) is 39.1. The Morgan fingerprint density at radius 1 is 0.345 bits per heavy atom. The van der Waals surface area contributed by atoms with E-state index in [0.29, 0.717) is 0 Å². The van der Waals surface area contributed by atoms with Crippen molar-refractivity contribution in [1.82, 2.24) is 0 Å². The van der Waals surface area contributed by atoms with Crippen LogP contribution < -0.4 is 4.90 Å². The van der Waals surface area contributed by atoms with Crippen LogP contribution in [-0.2, 0) is 16.2 Å². The van der Waals surface area contributed by atoms with Gasteiger partial charge >= 0.3 is 0 Å². The van der Waals surface area contributed by atoms with Gasteiger partial charge in [0.1, 0.15) is 11.2 Å². The monoisotopic (exact) mass is 745 g/mol. The highest BCUT2D eigenvalue weighted by atomic mass is 16.3. The Labute approximate surface area is 340 Å². The average molecular weight is 746 g/mol. The molecule has 2 nitrogen and oxygen atoms in total. The number of rotatable bonds is 4. The molecule has 3 aliphatic carbocycles. The highest BCUT2D eigenvalue weighted by molar-refractivity contribution is 6.09. The van der Waals surface area contributed by atoms with Gasteiger partial charge in [0.2, 0.25) is 0 Å². The van der Waals surface area contributed by atoms with Crippen LogP contribution in [0.5, 0.6) is 0 Å². The summed E-state index contributed by atoms with van der Waals surface area (Å²) in [7, 11) is 0. The smallest absolute Gasteiger partial charge is 0.140 e. The molecule has 0 atom stereocenters. The van der Waals surface area contributed by atoms with E-state index in [2.05, 4.69) is 209 Å². The molecule has 3 aliphatic rings. The van der Waals surface area contributed by atoms with Crippen molar-refractivity contribution in [2.24, 2.45) is 0 Å². The van der Waals surface area contributed by atoms with E-state index in [-0.39, 0.29) is 10.8 Å². The van der Waals surface area contributed by atoms with Gasteiger partial charge < -0.3 is 9.32 Å². The summed E-state index contributed by atoms with van der Waals surface area (Å²) in [5, 5.41) is 2.25. The standard InChI is InChI=1S/C56H43NO/c1-54(2)45-21-11-6-16-37(45)41-28-26-34(31-49(41)54)57(35-27-29-42-38-17-7-12-22-46(38)55(3,4)50(42)32-35)36-30-44-43-20-10-15-25-52(43)58-53(44)51(33-36)56(5)47-23-13-8-18-39(47)40-19-9-14-24-48(40)56/h6-33H,1-5H3. The van der Waals surface area contributed by atoms with Crippen molar-refractivity contribution in [2.45, 2.75) is 50.9 Å². The third-order valence-corrected chi connectivity index (χ3v) is 14.1. The largest absolute Gasteiger partial charge is 0.456 e. The molecular weight excluding hydrogens is 703 g/mol. The summed E-state index contributed by atoms with van der Waals surface area (Å²) < 4.78 is 6.97. The molecule has 9 aromatic rings. The fraction of sp³-hybridized carbons (Fsp3) is 0.143. The quantitative estimate of drug-likeness (QED) is 0.178. The molecule has 0 aliphatic heterocycles. The van der Waals surface area contributed by atoms with Crippen LogP contribution in [0.25, 0.3) is 55.3 Å². The second kappa shape index (κ2) is 11.5. The number of hydrogen-bond donors (Lipinski definition) is 0. The van der Waals surface area contributed by atoms with Crippen molar-refractivity contribution in [3.63, 3.8) is 0 Å². The van der Waals surface area contributed by atoms with Gasteiger partial charge in [-0.25, -0.2) is 0 Å². The minimum atomic E-state index is -0.468. The Kier molecular flexibility index (Phi) is 6.63. The topological polar surface area (TPSA) is 16.4 Å². The highest BCUT2D eigenvalue weighted by Gasteiger charge is 2.43. The molecule has 0 spiro atoms. The molecule has 1 aromatic heterocycles. The fourth-order valence-electron chi connectivity index (χ4n) is 11.2. The Balaban J connectivity index is 1.16. The Bertz CT molecular complexity index is 3060. The first-order valence-electron chi connectivity index (χ1n) is 20.6. The molecule has 0 unspecified atom stereocenters. The summed E-state index contributed by atoms with van der Waals surface area (Å²) in [6.45, 7) is 11.9. The number of fused-ring (bicyclic) bond motifs is 12. The molecule has 0 fully saturated rings. The number of nitrogens with zero attached hydrogens (tertiary/aromatic N) is 1. The van der Waals surface area contributed by atoms with E-state index >= 15 is 0 Å². The van der Waals surface area contributed by atoms with Gasteiger partial charge in [0, 0.05) is 49.6 Å². The van der Waals surface area contributed by atoms with Gasteiger partial charge in [-0.3, -0.25) is 0 Å². The van der Waals surface area contributed by atoms with E-state index in [1.165, 1.54) is 72.3 Å². The SMILES string of the molecule is CC1(C)c2ccccc2-c2ccc(N(c3ccc4c(c3)C(C)(C)c3ccccc3-4)c3cc(C4(C)c5ccccc5-c5ccccc54)c4oc5ccccc5c4c3)cc21. The summed E-state index contributed by atoms with van der Waals surface area (Å²) in [5.41, 5.74) is 21.6. The van der Waals surface area contributed by atoms with Gasteiger partial charge in [0.15, 0.2) is 0 Å². The average Bonchev–Trinajstić information content (AvgIpc) is 3.91. The molecule has 278 valence electrons. The summed E-state index contributed by atoms with van der Waals surface area (Å²) in [6.07, 6.45) is 0. The van der Waals surface area contributed by atoms with E-state index < -0.39 is 5.41 Å². The third-order valence-electron chi connectivity index (χ3n) is 14.1. The van der Waals surface area contributed by atoms with Crippen LogP contribution >= 0.6 is 0 Å². The molecule has 0 saturated heterocycles. The predicted molar refractivity (Wildman–Crippen MR) is 241 cm³/mol. The number of para-hydroxylation sites is 1. The first-order chi connectivity index (χ1) is 28.2. The highest BCUT2D eigenvalue weighted by Crippen LogP contribution is 2.57. The van der Waals surface area contributed by atoms with E-state index in [1.807, 2.05) is 0 Å². The van der Waals surface area contributed by atoms with Gasteiger partial charge in [0.05, 0.1) is 0 Å². The van der Waals surface area contributed by atoms with Crippen LogP contribution in [0.4, 0.5) is 17.1 Å². The van der Waals surface area contributed by atoms with Gasteiger partial charge in [-0.2, -0.15) is 0 Å². The van der Waals surface area contributed by atoms with Crippen LogP contribution in [-0.4, -0.2) is 0 Å². The Morgan fingerprint density at radius 2 is 0.759 bits per heavy atom. The Morgan fingerprint density at radius 3 is 1.29 bits per heavy atom. The Hall–Kier alpha value is -6.64. The lowest BCUT2D eigenvalue weighted by molar-refractivity contribution is 0.638. The number of anilines is 3. The van der Waals surface area contributed by atoms with Crippen LogP contribution in [0, 0.1) is 0 Å². The van der Waals surface area contributed by atoms with Gasteiger partial charge in [-0.15, -0.1) is 0 Å². The van der Waals surface area contributed by atoms with Gasteiger partial charge in [-0.05, 0) is 116 Å². The van der Waals surface area contributed by atoms with E-state index in [0.717, 1.165) is 39.0 Å². The molecule has 0 N–H and O–H groups in total. The summed E-state index contributed by atoms with van der Waals surface area (Å²) in [4.78, 5) is 2.51. The third kappa shape index (κ3) is 4.27. The molecule has 12 rings (SSSR count). The molecule has 0 amide bonds. The molecule has 0 bridgehead atoms.